The molecule has 0 aliphatic rings. The lowest BCUT2D eigenvalue weighted by Crippen LogP contribution is -2.25. The number of benzene rings is 1. The zero-order valence-electron chi connectivity index (χ0n) is 11.2. The molecule has 2 nitrogen and oxygen atoms in total. The Morgan fingerprint density at radius 3 is 2.55 bits per heavy atom. The van der Waals surface area contributed by atoms with Crippen LogP contribution in [0.1, 0.15) is 48.5 Å². The van der Waals surface area contributed by atoms with Gasteiger partial charge in [0.05, 0.1) is 11.1 Å². The fourth-order valence-electron chi connectivity index (χ4n) is 1.72. The van der Waals surface area contributed by atoms with E-state index in [1.54, 1.807) is 0 Å². The number of halogens is 4. The molecular formula is C14H17BrF3NO. The molecule has 0 bridgehead atoms. The van der Waals surface area contributed by atoms with Gasteiger partial charge in [0.2, 0.25) is 0 Å². The summed E-state index contributed by atoms with van der Waals surface area (Å²) in [6, 6.07) is 3.06. The molecule has 0 aromatic heterocycles. The van der Waals surface area contributed by atoms with Crippen LogP contribution in [0.2, 0.25) is 0 Å². The van der Waals surface area contributed by atoms with Gasteiger partial charge in [-0.15, -0.1) is 0 Å². The Labute approximate surface area is 124 Å². The van der Waals surface area contributed by atoms with E-state index in [-0.39, 0.29) is 5.56 Å². The Morgan fingerprint density at radius 2 is 1.95 bits per heavy atom. The lowest BCUT2D eigenvalue weighted by molar-refractivity contribution is -0.137. The molecule has 1 amide bonds. The van der Waals surface area contributed by atoms with Gasteiger partial charge < -0.3 is 5.32 Å². The van der Waals surface area contributed by atoms with Crippen molar-refractivity contribution in [3.63, 3.8) is 0 Å². The molecule has 1 aromatic rings. The van der Waals surface area contributed by atoms with Crippen molar-refractivity contribution >= 4 is 21.8 Å². The number of carbonyl (C=O) groups is 1. The first-order chi connectivity index (χ1) is 9.36. The Balaban J connectivity index is 2.67. The van der Waals surface area contributed by atoms with Gasteiger partial charge in [0.1, 0.15) is 0 Å². The third kappa shape index (κ3) is 5.15. The van der Waals surface area contributed by atoms with E-state index in [4.69, 9.17) is 0 Å². The van der Waals surface area contributed by atoms with Gasteiger partial charge in [-0.25, -0.2) is 0 Å². The first kappa shape index (κ1) is 17.0. The van der Waals surface area contributed by atoms with Crippen molar-refractivity contribution in [2.75, 3.05) is 6.54 Å². The van der Waals surface area contributed by atoms with Crippen LogP contribution in [0.4, 0.5) is 13.2 Å². The number of hydrogen-bond donors (Lipinski definition) is 1. The van der Waals surface area contributed by atoms with Crippen molar-refractivity contribution in [2.24, 2.45) is 0 Å². The molecular weight excluding hydrogens is 335 g/mol. The highest BCUT2D eigenvalue weighted by Crippen LogP contribution is 2.31. The van der Waals surface area contributed by atoms with Crippen LogP contribution < -0.4 is 5.32 Å². The smallest absolute Gasteiger partial charge is 0.352 e. The standard InChI is InChI=1S/C14H17BrF3NO/c1-2-3-4-5-8-19-13(20)11-9-10(14(16,17)18)6-7-12(11)15/h6-7,9H,2-5,8H2,1H3,(H,19,20). The van der Waals surface area contributed by atoms with Crippen LogP contribution in [0.3, 0.4) is 0 Å². The van der Waals surface area contributed by atoms with Crippen molar-refractivity contribution < 1.29 is 18.0 Å². The lowest BCUT2D eigenvalue weighted by Gasteiger charge is -2.11. The second-order valence-electron chi connectivity index (χ2n) is 4.51. The molecule has 1 aromatic carbocycles. The minimum absolute atomic E-state index is 0.00955. The van der Waals surface area contributed by atoms with Crippen molar-refractivity contribution in [3.05, 3.63) is 33.8 Å². The Morgan fingerprint density at radius 1 is 1.25 bits per heavy atom. The van der Waals surface area contributed by atoms with Crippen LogP contribution in [0.25, 0.3) is 0 Å². The second kappa shape index (κ2) is 7.67. The van der Waals surface area contributed by atoms with E-state index in [0.29, 0.717) is 11.0 Å². The van der Waals surface area contributed by atoms with Crippen LogP contribution in [0, 0.1) is 0 Å². The predicted octanol–water partition coefficient (Wildman–Crippen LogP) is 4.78. The molecule has 1 N–H and O–H groups in total. The van der Waals surface area contributed by atoms with Crippen LogP contribution in [0.15, 0.2) is 22.7 Å². The number of rotatable bonds is 6. The summed E-state index contributed by atoms with van der Waals surface area (Å²) in [6.45, 7) is 2.56. The summed E-state index contributed by atoms with van der Waals surface area (Å²) in [7, 11) is 0. The number of alkyl halides is 3. The molecule has 0 atom stereocenters. The zero-order valence-corrected chi connectivity index (χ0v) is 12.8. The molecule has 0 saturated heterocycles. The van der Waals surface area contributed by atoms with Gasteiger partial charge in [-0.05, 0) is 40.5 Å². The average Bonchev–Trinajstić information content (AvgIpc) is 2.37. The van der Waals surface area contributed by atoms with E-state index in [2.05, 4.69) is 28.2 Å². The van der Waals surface area contributed by atoms with Crippen molar-refractivity contribution in [2.45, 2.75) is 38.8 Å². The first-order valence-electron chi connectivity index (χ1n) is 6.51. The zero-order chi connectivity index (χ0) is 15.2. The number of amides is 1. The highest BCUT2D eigenvalue weighted by atomic mass is 79.9. The number of hydrogen-bond acceptors (Lipinski definition) is 1. The summed E-state index contributed by atoms with van der Waals surface area (Å²) in [5, 5.41) is 2.64. The van der Waals surface area contributed by atoms with E-state index >= 15 is 0 Å². The van der Waals surface area contributed by atoms with E-state index in [1.807, 2.05) is 0 Å². The van der Waals surface area contributed by atoms with E-state index in [9.17, 15) is 18.0 Å². The van der Waals surface area contributed by atoms with Gasteiger partial charge in [0, 0.05) is 11.0 Å². The fourth-order valence-corrected chi connectivity index (χ4v) is 2.15. The maximum atomic E-state index is 12.6. The molecule has 0 unspecified atom stereocenters. The minimum atomic E-state index is -4.45. The van der Waals surface area contributed by atoms with Crippen molar-refractivity contribution in [3.8, 4) is 0 Å². The van der Waals surface area contributed by atoms with Crippen LogP contribution in [0.5, 0.6) is 0 Å². The average molecular weight is 352 g/mol. The van der Waals surface area contributed by atoms with Crippen molar-refractivity contribution in [1.29, 1.82) is 0 Å². The van der Waals surface area contributed by atoms with E-state index in [0.717, 1.165) is 37.8 Å². The summed E-state index contributed by atoms with van der Waals surface area (Å²) in [6.07, 6.45) is -0.441. The molecule has 0 heterocycles. The topological polar surface area (TPSA) is 29.1 Å². The molecule has 0 aliphatic carbocycles. The Hall–Kier alpha value is -1.04. The maximum Gasteiger partial charge on any atom is 0.416 e. The van der Waals surface area contributed by atoms with Gasteiger partial charge in [0.25, 0.3) is 5.91 Å². The van der Waals surface area contributed by atoms with Gasteiger partial charge in [-0.1, -0.05) is 26.2 Å². The SMILES string of the molecule is CCCCCCNC(=O)c1cc(C(F)(F)F)ccc1Br. The third-order valence-corrected chi connectivity index (χ3v) is 3.55. The largest absolute Gasteiger partial charge is 0.416 e. The van der Waals surface area contributed by atoms with Crippen LogP contribution in [-0.2, 0) is 6.18 Å². The summed E-state index contributed by atoms with van der Waals surface area (Å²) >= 11 is 3.10. The quantitative estimate of drug-likeness (QED) is 0.734. The molecule has 0 saturated carbocycles. The molecule has 0 aliphatic heterocycles. The highest BCUT2D eigenvalue weighted by Gasteiger charge is 2.31. The second-order valence-corrected chi connectivity index (χ2v) is 5.36. The van der Waals surface area contributed by atoms with Gasteiger partial charge in [-0.3, -0.25) is 4.79 Å². The van der Waals surface area contributed by atoms with Gasteiger partial charge >= 0.3 is 6.18 Å². The van der Waals surface area contributed by atoms with Gasteiger partial charge in [0.15, 0.2) is 0 Å². The normalized spacial score (nSPS) is 11.4. The molecule has 20 heavy (non-hydrogen) atoms. The Bertz CT molecular complexity index is 460. The van der Waals surface area contributed by atoms with Crippen LogP contribution in [-0.4, -0.2) is 12.5 Å². The van der Waals surface area contributed by atoms with E-state index < -0.39 is 17.6 Å². The third-order valence-electron chi connectivity index (χ3n) is 2.85. The molecule has 6 heteroatoms. The summed E-state index contributed by atoms with van der Waals surface area (Å²) in [5.41, 5.74) is -0.813. The monoisotopic (exact) mass is 351 g/mol. The predicted molar refractivity (Wildman–Crippen MR) is 75.6 cm³/mol. The number of carbonyl (C=O) groups excluding carboxylic acids is 1. The fraction of sp³-hybridized carbons (Fsp3) is 0.500. The van der Waals surface area contributed by atoms with Crippen LogP contribution >= 0.6 is 15.9 Å². The Kier molecular flexibility index (Phi) is 6.52. The molecule has 1 rings (SSSR count). The maximum absolute atomic E-state index is 12.6. The summed E-state index contributed by atoms with van der Waals surface area (Å²) in [4.78, 5) is 11.9. The number of nitrogens with one attached hydrogen (secondary N) is 1. The lowest BCUT2D eigenvalue weighted by atomic mass is 10.1. The molecule has 0 fully saturated rings. The van der Waals surface area contributed by atoms with Crippen molar-refractivity contribution in [1.82, 2.24) is 5.32 Å². The summed E-state index contributed by atoms with van der Waals surface area (Å²) in [5.74, 6) is -0.487. The molecule has 0 spiro atoms. The minimum Gasteiger partial charge on any atom is -0.352 e. The molecule has 112 valence electrons. The molecule has 0 radical (unpaired) electrons. The highest BCUT2D eigenvalue weighted by molar-refractivity contribution is 9.10. The summed E-state index contributed by atoms with van der Waals surface area (Å²) < 4.78 is 38.2. The van der Waals surface area contributed by atoms with Gasteiger partial charge in [-0.2, -0.15) is 13.2 Å². The first-order valence-corrected chi connectivity index (χ1v) is 7.30. The van der Waals surface area contributed by atoms with E-state index in [1.165, 1.54) is 6.07 Å². The number of unbranched alkanes of at least 4 members (excludes halogenated alkanes) is 3.